The van der Waals surface area contributed by atoms with E-state index in [-0.39, 0.29) is 4.75 Å². The lowest BCUT2D eigenvalue weighted by atomic mass is 9.82. The molecule has 0 aromatic heterocycles. The van der Waals surface area contributed by atoms with Crippen LogP contribution >= 0.6 is 23.4 Å². The van der Waals surface area contributed by atoms with Gasteiger partial charge in [-0.25, -0.2) is 0 Å². The minimum Gasteiger partial charge on any atom is -0.306 e. The molecule has 0 radical (unpaired) electrons. The fourth-order valence-electron chi connectivity index (χ4n) is 3.93. The van der Waals surface area contributed by atoms with Gasteiger partial charge >= 0.3 is 0 Å². The van der Waals surface area contributed by atoms with Gasteiger partial charge in [0.05, 0.1) is 4.75 Å². The highest BCUT2D eigenvalue weighted by Crippen LogP contribution is 2.60. The van der Waals surface area contributed by atoms with Gasteiger partial charge in [0, 0.05) is 23.0 Å². The highest BCUT2D eigenvalue weighted by molar-refractivity contribution is 8.01. The highest BCUT2D eigenvalue weighted by atomic mass is 35.5. The van der Waals surface area contributed by atoms with Gasteiger partial charge in [0.2, 0.25) is 0 Å². The second-order valence-electron chi connectivity index (χ2n) is 6.92. The van der Waals surface area contributed by atoms with E-state index in [0.717, 1.165) is 18.1 Å². The molecule has 0 saturated carbocycles. The first-order chi connectivity index (χ1) is 11.6. The molecule has 2 aliphatic rings. The number of nitrogens with zero attached hydrogens (tertiary/aromatic N) is 1. The molecular formula is C21H22ClNS. The molecule has 2 aromatic carbocycles. The maximum absolute atomic E-state index is 6.13. The van der Waals surface area contributed by atoms with Crippen molar-refractivity contribution in [1.29, 1.82) is 0 Å². The summed E-state index contributed by atoms with van der Waals surface area (Å²) in [7, 11) is 2.22. The van der Waals surface area contributed by atoms with Gasteiger partial charge in [0.25, 0.3) is 0 Å². The third-order valence-electron chi connectivity index (χ3n) is 5.29. The van der Waals surface area contributed by atoms with Crippen LogP contribution < -0.4 is 0 Å². The van der Waals surface area contributed by atoms with Gasteiger partial charge in [-0.15, -0.1) is 11.8 Å². The number of hydrogen-bond donors (Lipinski definition) is 0. The molecule has 2 aliphatic heterocycles. The number of hydrogen-bond acceptors (Lipinski definition) is 2. The molecule has 24 heavy (non-hydrogen) atoms. The van der Waals surface area contributed by atoms with Crippen LogP contribution in [0.1, 0.15) is 30.9 Å². The molecule has 2 aromatic rings. The summed E-state index contributed by atoms with van der Waals surface area (Å²) < 4.78 is -0.0283. The molecule has 0 aliphatic carbocycles. The maximum Gasteiger partial charge on any atom is 0.0681 e. The largest absolute Gasteiger partial charge is 0.306 e. The van der Waals surface area contributed by atoms with Gasteiger partial charge in [0.1, 0.15) is 0 Å². The fraction of sp³-hybridized carbons (Fsp3) is 0.333. The van der Waals surface area contributed by atoms with Gasteiger partial charge in [0.15, 0.2) is 0 Å². The zero-order chi connectivity index (χ0) is 16.7. The first kappa shape index (κ1) is 16.3. The Kier molecular flexibility index (Phi) is 4.24. The lowest BCUT2D eigenvalue weighted by Crippen LogP contribution is -2.28. The van der Waals surface area contributed by atoms with E-state index in [1.807, 2.05) is 23.9 Å². The second kappa shape index (κ2) is 6.25. The Morgan fingerprint density at radius 2 is 1.67 bits per heavy atom. The van der Waals surface area contributed by atoms with Crippen LogP contribution in [0.3, 0.4) is 0 Å². The monoisotopic (exact) mass is 355 g/mol. The third-order valence-corrected chi connectivity index (χ3v) is 6.96. The third kappa shape index (κ3) is 2.71. The number of fused-ring (bicyclic) bond motifs is 1. The Hall–Kier alpha value is -1.22. The van der Waals surface area contributed by atoms with E-state index in [0.29, 0.717) is 0 Å². The van der Waals surface area contributed by atoms with Crippen molar-refractivity contribution in [2.24, 2.45) is 0 Å². The fourth-order valence-corrected chi connectivity index (χ4v) is 5.53. The molecule has 0 N–H and O–H groups in total. The summed E-state index contributed by atoms with van der Waals surface area (Å²) in [4.78, 5) is 3.83. The minimum absolute atomic E-state index is 0.0283. The van der Waals surface area contributed by atoms with Gasteiger partial charge in [-0.2, -0.15) is 0 Å². The molecule has 124 valence electrons. The number of thioether (sulfide) groups is 1. The Labute approximate surface area is 153 Å². The van der Waals surface area contributed by atoms with E-state index in [4.69, 9.17) is 11.6 Å². The van der Waals surface area contributed by atoms with E-state index in [1.165, 1.54) is 28.9 Å². The Bertz CT molecular complexity index is 786. The van der Waals surface area contributed by atoms with Gasteiger partial charge in [-0.3, -0.25) is 0 Å². The zero-order valence-electron chi connectivity index (χ0n) is 14.2. The van der Waals surface area contributed by atoms with Gasteiger partial charge in [-0.1, -0.05) is 47.5 Å². The minimum atomic E-state index is -0.0283. The standard InChI is InChI=1S/C21H22ClNS/c1-21(16-7-9-17(22)10-8-16)20(15-11-13-23(2)14-12-15)18-5-3-4-6-19(18)24-21/h3-10H,11-14H2,1-2H3. The maximum atomic E-state index is 6.13. The molecule has 0 amide bonds. The first-order valence-corrected chi connectivity index (χ1v) is 9.73. The number of halogens is 1. The SMILES string of the molecule is CN1CCC(=C2c3ccccc3SC2(C)c2ccc(Cl)cc2)CC1. The molecule has 0 spiro atoms. The van der Waals surface area contributed by atoms with Crippen LogP contribution in [0.25, 0.3) is 5.57 Å². The summed E-state index contributed by atoms with van der Waals surface area (Å²) in [6, 6.07) is 17.3. The van der Waals surface area contributed by atoms with Crippen molar-refractivity contribution in [2.75, 3.05) is 20.1 Å². The molecule has 1 fully saturated rings. The van der Waals surface area contributed by atoms with Crippen LogP contribution in [0, 0.1) is 0 Å². The van der Waals surface area contributed by atoms with Crippen LogP contribution in [0.2, 0.25) is 5.02 Å². The van der Waals surface area contributed by atoms with Crippen molar-refractivity contribution in [2.45, 2.75) is 29.4 Å². The molecule has 1 atom stereocenters. The lowest BCUT2D eigenvalue weighted by molar-refractivity contribution is 0.312. The van der Waals surface area contributed by atoms with Crippen molar-refractivity contribution in [3.8, 4) is 0 Å². The topological polar surface area (TPSA) is 3.24 Å². The molecule has 1 unspecified atom stereocenters. The normalized spacial score (nSPS) is 24.3. The van der Waals surface area contributed by atoms with Gasteiger partial charge in [-0.05, 0) is 61.7 Å². The molecule has 4 rings (SSSR count). The summed E-state index contributed by atoms with van der Waals surface area (Å²) in [5.74, 6) is 0. The average Bonchev–Trinajstić information content (AvgIpc) is 2.89. The van der Waals surface area contributed by atoms with E-state index in [2.05, 4.69) is 55.3 Å². The van der Waals surface area contributed by atoms with Gasteiger partial charge < -0.3 is 4.90 Å². The van der Waals surface area contributed by atoms with Crippen molar-refractivity contribution in [1.82, 2.24) is 4.90 Å². The molecule has 1 nitrogen and oxygen atoms in total. The molecular weight excluding hydrogens is 334 g/mol. The second-order valence-corrected chi connectivity index (χ2v) is 8.82. The summed E-state index contributed by atoms with van der Waals surface area (Å²) in [6.45, 7) is 4.69. The Morgan fingerprint density at radius 1 is 1.00 bits per heavy atom. The van der Waals surface area contributed by atoms with E-state index in [1.54, 1.807) is 11.1 Å². The quantitative estimate of drug-likeness (QED) is 0.632. The molecule has 0 bridgehead atoms. The van der Waals surface area contributed by atoms with Crippen molar-refractivity contribution in [3.63, 3.8) is 0 Å². The van der Waals surface area contributed by atoms with Crippen LogP contribution in [0.4, 0.5) is 0 Å². The molecule has 1 saturated heterocycles. The number of piperidine rings is 1. The summed E-state index contributed by atoms with van der Waals surface area (Å²) in [6.07, 6.45) is 2.34. The van der Waals surface area contributed by atoms with E-state index in [9.17, 15) is 0 Å². The molecule has 3 heteroatoms. The smallest absolute Gasteiger partial charge is 0.0681 e. The molecule has 2 heterocycles. The van der Waals surface area contributed by atoms with Crippen LogP contribution in [-0.4, -0.2) is 25.0 Å². The van der Waals surface area contributed by atoms with Crippen molar-refractivity contribution >= 4 is 28.9 Å². The van der Waals surface area contributed by atoms with Crippen LogP contribution in [-0.2, 0) is 4.75 Å². The van der Waals surface area contributed by atoms with E-state index < -0.39 is 0 Å². The Morgan fingerprint density at radius 3 is 2.38 bits per heavy atom. The summed E-state index contributed by atoms with van der Waals surface area (Å²) in [5.41, 5.74) is 5.94. The predicted octanol–water partition coefficient (Wildman–Crippen LogP) is 5.84. The Balaban J connectivity index is 1.87. The first-order valence-electron chi connectivity index (χ1n) is 8.53. The highest BCUT2D eigenvalue weighted by Gasteiger charge is 2.42. The predicted molar refractivity (Wildman–Crippen MR) is 105 cm³/mol. The average molecular weight is 356 g/mol. The van der Waals surface area contributed by atoms with Crippen molar-refractivity contribution in [3.05, 3.63) is 70.3 Å². The number of benzene rings is 2. The number of rotatable bonds is 1. The summed E-state index contributed by atoms with van der Waals surface area (Å²) in [5, 5.41) is 0.802. The lowest BCUT2D eigenvalue weighted by Gasteiger charge is -2.32. The van der Waals surface area contributed by atoms with Crippen molar-refractivity contribution < 1.29 is 0 Å². The zero-order valence-corrected chi connectivity index (χ0v) is 15.8. The van der Waals surface area contributed by atoms with Crippen LogP contribution in [0.5, 0.6) is 0 Å². The summed E-state index contributed by atoms with van der Waals surface area (Å²) >= 11 is 8.12. The van der Waals surface area contributed by atoms with Crippen LogP contribution in [0.15, 0.2) is 59.0 Å². The number of likely N-dealkylation sites (tertiary alicyclic amines) is 1. The van der Waals surface area contributed by atoms with E-state index >= 15 is 0 Å².